The van der Waals surface area contributed by atoms with Crippen LogP contribution in [-0.2, 0) is 9.59 Å². The van der Waals surface area contributed by atoms with Gasteiger partial charge in [0.25, 0.3) is 0 Å². The first-order valence-electron chi connectivity index (χ1n) is 5.33. The van der Waals surface area contributed by atoms with E-state index in [1.54, 1.807) is 0 Å². The van der Waals surface area contributed by atoms with Crippen molar-refractivity contribution in [2.24, 2.45) is 0 Å². The number of aromatic nitrogens is 1. The molecule has 0 aliphatic rings. The van der Waals surface area contributed by atoms with Crippen LogP contribution in [0.3, 0.4) is 0 Å². The van der Waals surface area contributed by atoms with Gasteiger partial charge in [-0.2, -0.15) is 0 Å². The molecule has 0 saturated heterocycles. The van der Waals surface area contributed by atoms with Gasteiger partial charge in [0.15, 0.2) is 5.13 Å². The van der Waals surface area contributed by atoms with Crippen molar-refractivity contribution in [2.45, 2.75) is 24.0 Å². The first-order chi connectivity index (χ1) is 8.49. The fraction of sp³-hybridized carbons (Fsp3) is 0.500. The molecule has 0 unspecified atom stereocenters. The van der Waals surface area contributed by atoms with Gasteiger partial charge in [0, 0.05) is 13.0 Å². The van der Waals surface area contributed by atoms with E-state index in [1.165, 1.54) is 23.1 Å². The maximum atomic E-state index is 11.5. The first kappa shape index (κ1) is 14.8. The number of aliphatic carboxylic acids is 1. The van der Waals surface area contributed by atoms with E-state index >= 15 is 0 Å². The van der Waals surface area contributed by atoms with Gasteiger partial charge in [-0.3, -0.25) is 9.59 Å². The molecule has 0 spiro atoms. The number of rotatable bonds is 7. The Morgan fingerprint density at radius 1 is 1.56 bits per heavy atom. The maximum absolute atomic E-state index is 11.5. The number of nitrogens with zero attached hydrogens (tertiary/aromatic N) is 1. The number of carboxylic acids is 1. The van der Waals surface area contributed by atoms with Crippen LogP contribution in [0.25, 0.3) is 0 Å². The number of thiazole rings is 1. The number of carbonyl (C=O) groups excluding carboxylic acids is 1. The lowest BCUT2D eigenvalue weighted by molar-refractivity contribution is -0.137. The normalized spacial score (nSPS) is 10.3. The SMILES string of the molecule is Cc1nc(N)sc1SCC(=O)NCCCC(=O)O. The van der Waals surface area contributed by atoms with E-state index in [1.807, 2.05) is 6.92 Å². The molecule has 1 aromatic heterocycles. The summed E-state index contributed by atoms with van der Waals surface area (Å²) in [6.45, 7) is 2.23. The highest BCUT2D eigenvalue weighted by Gasteiger charge is 2.08. The highest BCUT2D eigenvalue weighted by Crippen LogP contribution is 2.30. The molecule has 0 fully saturated rings. The molecule has 0 bridgehead atoms. The molecule has 1 heterocycles. The summed E-state index contributed by atoms with van der Waals surface area (Å²) < 4.78 is 0.938. The fourth-order valence-electron chi connectivity index (χ4n) is 1.19. The number of anilines is 1. The molecule has 0 atom stereocenters. The average Bonchev–Trinajstić information content (AvgIpc) is 2.60. The lowest BCUT2D eigenvalue weighted by Gasteiger charge is -2.03. The third-order valence-electron chi connectivity index (χ3n) is 1.99. The Labute approximate surface area is 113 Å². The minimum Gasteiger partial charge on any atom is -0.481 e. The van der Waals surface area contributed by atoms with Crippen LogP contribution in [0.5, 0.6) is 0 Å². The molecular formula is C10H15N3O3S2. The lowest BCUT2D eigenvalue weighted by atomic mass is 10.3. The molecule has 0 aliphatic heterocycles. The summed E-state index contributed by atoms with van der Waals surface area (Å²) in [4.78, 5) is 25.8. The summed E-state index contributed by atoms with van der Waals surface area (Å²) in [5, 5.41) is 11.6. The second kappa shape index (κ2) is 7.22. The summed E-state index contributed by atoms with van der Waals surface area (Å²) >= 11 is 2.75. The van der Waals surface area contributed by atoms with Gasteiger partial charge in [-0.15, -0.1) is 11.8 Å². The second-order valence-electron chi connectivity index (χ2n) is 3.56. The van der Waals surface area contributed by atoms with Crippen molar-refractivity contribution < 1.29 is 14.7 Å². The van der Waals surface area contributed by atoms with Crippen LogP contribution in [0.2, 0.25) is 0 Å². The van der Waals surface area contributed by atoms with Crippen molar-refractivity contribution in [3.05, 3.63) is 5.69 Å². The smallest absolute Gasteiger partial charge is 0.303 e. The largest absolute Gasteiger partial charge is 0.481 e. The number of aryl methyl sites for hydroxylation is 1. The van der Waals surface area contributed by atoms with Crippen molar-refractivity contribution in [1.29, 1.82) is 0 Å². The highest BCUT2D eigenvalue weighted by atomic mass is 32.2. The van der Waals surface area contributed by atoms with E-state index in [-0.39, 0.29) is 18.1 Å². The Balaban J connectivity index is 2.21. The molecule has 18 heavy (non-hydrogen) atoms. The monoisotopic (exact) mass is 289 g/mol. The van der Waals surface area contributed by atoms with Crippen molar-refractivity contribution >= 4 is 40.1 Å². The zero-order chi connectivity index (χ0) is 13.5. The molecule has 0 aromatic carbocycles. The number of hydrogen-bond acceptors (Lipinski definition) is 6. The van der Waals surface area contributed by atoms with Gasteiger partial charge in [-0.05, 0) is 13.3 Å². The quantitative estimate of drug-likeness (QED) is 0.513. The Hall–Kier alpha value is -1.28. The van der Waals surface area contributed by atoms with Crippen LogP contribution in [-0.4, -0.2) is 34.3 Å². The van der Waals surface area contributed by atoms with E-state index in [4.69, 9.17) is 10.8 Å². The van der Waals surface area contributed by atoms with E-state index < -0.39 is 5.97 Å². The van der Waals surface area contributed by atoms with Gasteiger partial charge < -0.3 is 16.2 Å². The minimum absolute atomic E-state index is 0.0674. The Bertz CT molecular complexity index is 434. The van der Waals surface area contributed by atoms with Crippen molar-refractivity contribution in [3.63, 3.8) is 0 Å². The number of carboxylic acid groups (broad SMARTS) is 1. The lowest BCUT2D eigenvalue weighted by Crippen LogP contribution is -2.26. The zero-order valence-electron chi connectivity index (χ0n) is 9.93. The van der Waals surface area contributed by atoms with E-state index in [2.05, 4.69) is 10.3 Å². The van der Waals surface area contributed by atoms with Crippen LogP contribution in [0, 0.1) is 6.92 Å². The molecule has 4 N–H and O–H groups in total. The van der Waals surface area contributed by atoms with Gasteiger partial charge in [0.1, 0.15) is 0 Å². The van der Waals surface area contributed by atoms with Crippen LogP contribution in [0.1, 0.15) is 18.5 Å². The molecule has 0 saturated carbocycles. The number of nitrogens with two attached hydrogens (primary N) is 1. The number of hydrogen-bond donors (Lipinski definition) is 3. The van der Waals surface area contributed by atoms with Crippen molar-refractivity contribution in [2.75, 3.05) is 18.0 Å². The molecule has 1 aromatic rings. The molecule has 100 valence electrons. The fourth-order valence-corrected chi connectivity index (χ4v) is 3.04. The molecule has 1 rings (SSSR count). The van der Waals surface area contributed by atoms with Crippen LogP contribution < -0.4 is 11.1 Å². The van der Waals surface area contributed by atoms with E-state index in [0.29, 0.717) is 18.1 Å². The predicted molar refractivity (Wildman–Crippen MR) is 71.9 cm³/mol. The average molecular weight is 289 g/mol. The van der Waals surface area contributed by atoms with Crippen LogP contribution >= 0.6 is 23.1 Å². The molecular weight excluding hydrogens is 274 g/mol. The maximum Gasteiger partial charge on any atom is 0.303 e. The Morgan fingerprint density at radius 2 is 2.28 bits per heavy atom. The molecule has 0 aliphatic carbocycles. The third-order valence-corrected chi connectivity index (χ3v) is 4.34. The molecule has 0 radical (unpaired) electrons. The van der Waals surface area contributed by atoms with E-state index in [9.17, 15) is 9.59 Å². The number of nitrogens with one attached hydrogen (secondary N) is 1. The topological polar surface area (TPSA) is 105 Å². The van der Waals surface area contributed by atoms with Gasteiger partial charge in [0.2, 0.25) is 5.91 Å². The summed E-state index contributed by atoms with van der Waals surface area (Å²) in [6.07, 6.45) is 0.510. The van der Waals surface area contributed by atoms with Crippen molar-refractivity contribution in [1.82, 2.24) is 10.3 Å². The first-order valence-corrected chi connectivity index (χ1v) is 7.13. The second-order valence-corrected chi connectivity index (χ2v) is 5.84. The Kier molecular flexibility index (Phi) is 5.93. The van der Waals surface area contributed by atoms with Gasteiger partial charge in [-0.25, -0.2) is 4.98 Å². The van der Waals surface area contributed by atoms with Gasteiger partial charge >= 0.3 is 5.97 Å². The minimum atomic E-state index is -0.852. The Morgan fingerprint density at radius 3 is 2.83 bits per heavy atom. The number of thioether (sulfide) groups is 1. The molecule has 1 amide bonds. The van der Waals surface area contributed by atoms with Gasteiger partial charge in [-0.1, -0.05) is 11.3 Å². The summed E-state index contributed by atoms with van der Waals surface area (Å²) in [6, 6.07) is 0. The molecule has 8 heteroatoms. The summed E-state index contributed by atoms with van der Waals surface area (Å²) in [7, 11) is 0. The van der Waals surface area contributed by atoms with Crippen LogP contribution in [0.4, 0.5) is 5.13 Å². The van der Waals surface area contributed by atoms with E-state index in [0.717, 1.165) is 9.90 Å². The van der Waals surface area contributed by atoms with Gasteiger partial charge in [0.05, 0.1) is 15.7 Å². The predicted octanol–water partition coefficient (Wildman–Crippen LogP) is 1.11. The summed E-state index contributed by atoms with van der Waals surface area (Å²) in [5.41, 5.74) is 6.38. The zero-order valence-corrected chi connectivity index (χ0v) is 11.6. The molecule has 6 nitrogen and oxygen atoms in total. The number of nitrogen functional groups attached to an aromatic ring is 1. The van der Waals surface area contributed by atoms with Crippen LogP contribution in [0.15, 0.2) is 4.21 Å². The summed E-state index contributed by atoms with van der Waals surface area (Å²) in [5.74, 6) is -0.679. The van der Waals surface area contributed by atoms with Crippen molar-refractivity contribution in [3.8, 4) is 0 Å². The number of amides is 1. The third kappa shape index (κ3) is 5.37. The number of carbonyl (C=O) groups is 2. The highest BCUT2D eigenvalue weighted by molar-refractivity contribution is 8.01. The standard InChI is InChI=1S/C10H15N3O3S2/c1-6-9(18-10(11)13-6)17-5-7(14)12-4-2-3-8(15)16/h2-5H2,1H3,(H2,11,13)(H,12,14)(H,15,16).